The molecule has 1 heterocycles. The molecule has 1 aromatic rings. The number of esters is 1. The Morgan fingerprint density at radius 1 is 1.37 bits per heavy atom. The van der Waals surface area contributed by atoms with Crippen LogP contribution in [0.2, 0.25) is 0 Å². The summed E-state index contributed by atoms with van der Waals surface area (Å²) in [6.45, 7) is 4.24. The Bertz CT molecular complexity index is 571. The van der Waals surface area contributed by atoms with Crippen LogP contribution >= 0.6 is 45.2 Å². The van der Waals surface area contributed by atoms with Gasteiger partial charge in [0.15, 0.2) is 11.6 Å². The lowest BCUT2D eigenvalue weighted by molar-refractivity contribution is -0.130. The smallest absolute Gasteiger partial charge is 0.363 e. The Morgan fingerprint density at radius 2 is 2.00 bits per heavy atom. The van der Waals surface area contributed by atoms with E-state index in [0.29, 0.717) is 18.2 Å². The fourth-order valence-electron chi connectivity index (χ4n) is 1.62. The maximum atomic E-state index is 11.5. The Kier molecular flexibility index (Phi) is 4.82. The number of hydrogen-bond donors (Lipinski definition) is 0. The summed E-state index contributed by atoms with van der Waals surface area (Å²) in [5, 5.41) is 0. The lowest BCUT2D eigenvalue weighted by Gasteiger charge is -2.09. The minimum Gasteiger partial charge on any atom is -0.492 e. The average molecular weight is 483 g/mol. The van der Waals surface area contributed by atoms with Crippen LogP contribution in [0, 0.1) is 7.14 Å². The van der Waals surface area contributed by atoms with Crippen molar-refractivity contribution in [2.45, 2.75) is 13.8 Å². The van der Waals surface area contributed by atoms with Crippen molar-refractivity contribution >= 4 is 63.1 Å². The quantitative estimate of drug-likeness (QED) is 0.375. The molecule has 0 saturated carbocycles. The van der Waals surface area contributed by atoms with Crippen molar-refractivity contribution in [3.63, 3.8) is 0 Å². The first kappa shape index (κ1) is 14.8. The van der Waals surface area contributed by atoms with Crippen molar-refractivity contribution in [2.75, 3.05) is 6.61 Å². The van der Waals surface area contributed by atoms with Crippen LogP contribution in [0.15, 0.2) is 22.8 Å². The molecule has 0 spiro atoms. The number of aliphatic imine (C=N–C) groups is 1. The zero-order valence-corrected chi connectivity index (χ0v) is 14.7. The summed E-state index contributed by atoms with van der Waals surface area (Å²) in [4.78, 5) is 15.5. The highest BCUT2D eigenvalue weighted by molar-refractivity contribution is 14.1. The molecule has 0 aromatic heterocycles. The molecule has 0 bridgehead atoms. The van der Waals surface area contributed by atoms with Crippen molar-refractivity contribution in [3.05, 3.63) is 30.5 Å². The highest BCUT2D eigenvalue weighted by Crippen LogP contribution is 2.30. The van der Waals surface area contributed by atoms with Crippen molar-refractivity contribution in [2.24, 2.45) is 4.99 Å². The van der Waals surface area contributed by atoms with Gasteiger partial charge in [0.2, 0.25) is 0 Å². The zero-order chi connectivity index (χ0) is 14.0. The largest absolute Gasteiger partial charge is 0.492 e. The number of benzene rings is 1. The van der Waals surface area contributed by atoms with Gasteiger partial charge in [0.1, 0.15) is 5.75 Å². The van der Waals surface area contributed by atoms with Gasteiger partial charge >= 0.3 is 5.97 Å². The van der Waals surface area contributed by atoms with Gasteiger partial charge in [-0.15, -0.1) is 0 Å². The van der Waals surface area contributed by atoms with Crippen LogP contribution in [0.1, 0.15) is 19.4 Å². The summed E-state index contributed by atoms with van der Waals surface area (Å²) in [6, 6.07) is 3.91. The Labute approximate surface area is 138 Å². The number of cyclic esters (lactones) is 1. The Morgan fingerprint density at radius 3 is 2.47 bits per heavy atom. The highest BCUT2D eigenvalue weighted by atomic mass is 127. The predicted octanol–water partition coefficient (Wildman–Crippen LogP) is 3.61. The average Bonchev–Trinajstić information content (AvgIpc) is 2.62. The molecule has 0 saturated heterocycles. The molecule has 19 heavy (non-hydrogen) atoms. The van der Waals surface area contributed by atoms with E-state index >= 15 is 0 Å². The Balaban J connectivity index is 2.38. The molecule has 4 nitrogen and oxygen atoms in total. The summed E-state index contributed by atoms with van der Waals surface area (Å²) >= 11 is 4.44. The first-order valence-electron chi connectivity index (χ1n) is 5.62. The van der Waals surface area contributed by atoms with E-state index in [1.165, 1.54) is 0 Å². The maximum absolute atomic E-state index is 11.5. The van der Waals surface area contributed by atoms with Gasteiger partial charge in [0.25, 0.3) is 0 Å². The number of nitrogens with zero attached hydrogens (tertiary/aromatic N) is 1. The second-order valence-electron chi connectivity index (χ2n) is 3.80. The summed E-state index contributed by atoms with van der Waals surface area (Å²) in [6.07, 6.45) is 1.72. The van der Waals surface area contributed by atoms with E-state index in [1.807, 2.05) is 19.1 Å². The van der Waals surface area contributed by atoms with Crippen LogP contribution in [-0.4, -0.2) is 18.5 Å². The van der Waals surface area contributed by atoms with Gasteiger partial charge in [-0.2, -0.15) is 0 Å². The number of carbonyl (C=O) groups is 1. The van der Waals surface area contributed by atoms with Crippen LogP contribution in [0.3, 0.4) is 0 Å². The predicted molar refractivity (Wildman–Crippen MR) is 90.2 cm³/mol. The van der Waals surface area contributed by atoms with Crippen molar-refractivity contribution in [1.82, 2.24) is 0 Å². The fraction of sp³-hybridized carbons (Fsp3) is 0.231. The molecule has 0 amide bonds. The third-order valence-corrected chi connectivity index (χ3v) is 3.94. The van der Waals surface area contributed by atoms with Gasteiger partial charge < -0.3 is 9.47 Å². The number of halogens is 2. The van der Waals surface area contributed by atoms with E-state index in [4.69, 9.17) is 9.47 Å². The lowest BCUT2D eigenvalue weighted by atomic mass is 10.2. The molecular weight excluding hydrogens is 472 g/mol. The summed E-state index contributed by atoms with van der Waals surface area (Å²) in [5.41, 5.74) is 1.23. The van der Waals surface area contributed by atoms with Gasteiger partial charge in [0, 0.05) is 6.92 Å². The monoisotopic (exact) mass is 483 g/mol. The molecule has 0 fully saturated rings. The molecule has 2 rings (SSSR count). The normalized spacial score (nSPS) is 16.5. The fourth-order valence-corrected chi connectivity index (χ4v) is 3.75. The molecule has 6 heteroatoms. The highest BCUT2D eigenvalue weighted by Gasteiger charge is 2.20. The molecule has 0 N–H and O–H groups in total. The second-order valence-corrected chi connectivity index (χ2v) is 6.12. The summed E-state index contributed by atoms with van der Waals surface area (Å²) in [7, 11) is 0. The lowest BCUT2D eigenvalue weighted by Crippen LogP contribution is -2.00. The van der Waals surface area contributed by atoms with E-state index in [0.717, 1.165) is 18.5 Å². The number of carbonyl (C=O) groups excluding carboxylic acids is 1. The van der Waals surface area contributed by atoms with Crippen LogP contribution in [0.4, 0.5) is 0 Å². The van der Waals surface area contributed by atoms with Crippen LogP contribution in [0.25, 0.3) is 6.08 Å². The van der Waals surface area contributed by atoms with Crippen molar-refractivity contribution < 1.29 is 14.3 Å². The molecule has 1 aliphatic rings. The van der Waals surface area contributed by atoms with Crippen LogP contribution in [-0.2, 0) is 9.53 Å². The molecule has 0 aliphatic carbocycles. The van der Waals surface area contributed by atoms with Crippen LogP contribution < -0.4 is 4.74 Å². The topological polar surface area (TPSA) is 47.9 Å². The van der Waals surface area contributed by atoms with Gasteiger partial charge in [-0.3, -0.25) is 0 Å². The first-order chi connectivity index (χ1) is 9.01. The standard InChI is InChI=1S/C13H11I2NO3/c1-3-18-12-9(14)4-8(5-10(12)15)6-11-13(17)19-7(2)16-11/h4-6H,3H2,1-2H3. The van der Waals surface area contributed by atoms with Crippen LogP contribution in [0.5, 0.6) is 5.75 Å². The zero-order valence-electron chi connectivity index (χ0n) is 10.4. The molecular formula is C13H11I2NO3. The Hall–Kier alpha value is -0.640. The van der Waals surface area contributed by atoms with E-state index in [-0.39, 0.29) is 0 Å². The van der Waals surface area contributed by atoms with Gasteiger partial charge in [-0.05, 0) is 75.9 Å². The minimum absolute atomic E-state index is 0.327. The molecule has 100 valence electrons. The maximum Gasteiger partial charge on any atom is 0.363 e. The second kappa shape index (κ2) is 6.21. The minimum atomic E-state index is -0.406. The van der Waals surface area contributed by atoms with Crippen molar-refractivity contribution in [1.29, 1.82) is 0 Å². The molecule has 1 aromatic carbocycles. The number of ether oxygens (including phenoxy) is 2. The summed E-state index contributed by atoms with van der Waals surface area (Å²) in [5.74, 6) is 0.850. The van der Waals surface area contributed by atoms with E-state index < -0.39 is 5.97 Å². The van der Waals surface area contributed by atoms with E-state index in [2.05, 4.69) is 50.2 Å². The number of rotatable bonds is 3. The molecule has 0 unspecified atom stereocenters. The summed E-state index contributed by atoms with van der Waals surface area (Å²) < 4.78 is 12.5. The van der Waals surface area contributed by atoms with Gasteiger partial charge in [-0.25, -0.2) is 9.79 Å². The van der Waals surface area contributed by atoms with Crippen molar-refractivity contribution in [3.8, 4) is 5.75 Å². The third-order valence-electron chi connectivity index (χ3n) is 2.34. The molecule has 1 aliphatic heterocycles. The number of hydrogen-bond acceptors (Lipinski definition) is 4. The first-order valence-corrected chi connectivity index (χ1v) is 7.78. The van der Waals surface area contributed by atoms with Gasteiger partial charge in [-0.1, -0.05) is 0 Å². The van der Waals surface area contributed by atoms with E-state index in [1.54, 1.807) is 13.0 Å². The molecule has 0 atom stereocenters. The third kappa shape index (κ3) is 3.47. The van der Waals surface area contributed by atoms with E-state index in [9.17, 15) is 4.79 Å². The van der Waals surface area contributed by atoms with Gasteiger partial charge in [0.05, 0.1) is 13.7 Å². The SMILES string of the molecule is CCOc1c(I)cc(C=C2N=C(C)OC2=O)cc1I. The molecule has 0 radical (unpaired) electrons.